The smallest absolute Gasteiger partial charge is 0.344 e. The van der Waals surface area contributed by atoms with Gasteiger partial charge in [-0.1, -0.05) is 38.1 Å². The molecule has 6 heteroatoms. The molecule has 0 spiro atoms. The van der Waals surface area contributed by atoms with E-state index in [1.54, 1.807) is 7.11 Å². The lowest BCUT2D eigenvalue weighted by molar-refractivity contribution is -0.147. The Balaban J connectivity index is 1.75. The number of carbonyl (C=O) groups is 1. The minimum atomic E-state index is -0.417. The Hall–Kier alpha value is -2.41. The monoisotopic (exact) mass is 458 g/mol. The molecule has 0 aliphatic heterocycles. The van der Waals surface area contributed by atoms with Gasteiger partial charge in [-0.3, -0.25) is 0 Å². The maximum atomic E-state index is 11.9. The van der Waals surface area contributed by atoms with Crippen LogP contribution in [0, 0.1) is 13.8 Å². The van der Waals surface area contributed by atoms with Crippen LogP contribution in [-0.2, 0) is 30.2 Å². The van der Waals surface area contributed by atoms with Gasteiger partial charge in [-0.2, -0.15) is 0 Å². The van der Waals surface area contributed by atoms with Crippen molar-refractivity contribution in [2.24, 2.45) is 0 Å². The number of benzene rings is 2. The summed E-state index contributed by atoms with van der Waals surface area (Å²) in [6, 6.07) is 12.7. The summed E-state index contributed by atoms with van der Waals surface area (Å²) in [5.41, 5.74) is 6.23. The molecule has 2 aromatic carbocycles. The Labute approximate surface area is 198 Å². The third-order valence-electron chi connectivity index (χ3n) is 5.32. The summed E-state index contributed by atoms with van der Waals surface area (Å²) in [6.45, 7) is 11.0. The number of rotatable bonds is 15. The molecule has 0 aliphatic rings. The highest BCUT2D eigenvalue weighted by Crippen LogP contribution is 2.25. The van der Waals surface area contributed by atoms with E-state index in [2.05, 4.69) is 52.0 Å². The predicted molar refractivity (Wildman–Crippen MR) is 129 cm³/mol. The number of carbonyl (C=O) groups excluding carboxylic acids is 1. The summed E-state index contributed by atoms with van der Waals surface area (Å²) >= 11 is 0. The molecule has 0 aromatic heterocycles. The number of ether oxygens (including phenoxy) is 5. The fourth-order valence-electron chi connectivity index (χ4n) is 3.44. The fraction of sp³-hybridized carbons (Fsp3) is 0.519. The van der Waals surface area contributed by atoms with Gasteiger partial charge in [0.05, 0.1) is 33.0 Å². The zero-order valence-corrected chi connectivity index (χ0v) is 20.6. The Kier molecular flexibility index (Phi) is 11.9. The van der Waals surface area contributed by atoms with Crippen molar-refractivity contribution in [3.05, 3.63) is 64.2 Å². The maximum absolute atomic E-state index is 11.9. The van der Waals surface area contributed by atoms with Crippen molar-refractivity contribution in [2.45, 2.75) is 40.0 Å². The lowest BCUT2D eigenvalue weighted by atomic mass is 9.93. The molecule has 0 radical (unpaired) electrons. The Morgan fingerprint density at radius 2 is 1.52 bits per heavy atom. The van der Waals surface area contributed by atoms with Gasteiger partial charge in [0.2, 0.25) is 0 Å². The first-order valence-corrected chi connectivity index (χ1v) is 11.5. The number of hydrogen-bond acceptors (Lipinski definition) is 6. The number of esters is 1. The van der Waals surface area contributed by atoms with Gasteiger partial charge < -0.3 is 23.7 Å². The van der Waals surface area contributed by atoms with Crippen molar-refractivity contribution in [2.75, 3.05) is 53.4 Å². The summed E-state index contributed by atoms with van der Waals surface area (Å²) in [7, 11) is 1.63. The lowest BCUT2D eigenvalue weighted by Crippen LogP contribution is -2.18. The van der Waals surface area contributed by atoms with E-state index in [4.69, 9.17) is 23.7 Å². The second kappa shape index (κ2) is 14.7. The molecule has 0 saturated heterocycles. The van der Waals surface area contributed by atoms with Gasteiger partial charge in [0.1, 0.15) is 12.4 Å². The molecular formula is C27H38O6. The van der Waals surface area contributed by atoms with Gasteiger partial charge in [-0.15, -0.1) is 0 Å². The van der Waals surface area contributed by atoms with Crippen LogP contribution < -0.4 is 4.74 Å². The second-order valence-electron chi connectivity index (χ2n) is 8.34. The summed E-state index contributed by atoms with van der Waals surface area (Å²) < 4.78 is 26.4. The average molecular weight is 459 g/mol. The highest BCUT2D eigenvalue weighted by Gasteiger charge is 2.10. The molecule has 0 aliphatic carbocycles. The van der Waals surface area contributed by atoms with Gasteiger partial charge in [0.25, 0.3) is 0 Å². The summed E-state index contributed by atoms with van der Waals surface area (Å²) in [5, 5.41) is 0. The molecule has 0 unspecified atom stereocenters. The lowest BCUT2D eigenvalue weighted by Gasteiger charge is -2.15. The summed E-state index contributed by atoms with van der Waals surface area (Å²) in [5.74, 6) is 0.764. The molecule has 0 bridgehead atoms. The van der Waals surface area contributed by atoms with E-state index in [0.717, 1.165) is 17.5 Å². The number of methoxy groups -OCH3 is 1. The molecule has 2 aromatic rings. The van der Waals surface area contributed by atoms with Gasteiger partial charge in [0.15, 0.2) is 6.61 Å². The highest BCUT2D eigenvalue weighted by atomic mass is 16.6. The SMILES string of the molecule is COCCOCCOCCOC(=O)COc1cc(C)c(Cc2cccc(C(C)C)c2)c(C)c1. The first kappa shape index (κ1) is 26.8. The van der Waals surface area contributed by atoms with E-state index < -0.39 is 5.97 Å². The van der Waals surface area contributed by atoms with Crippen LogP contribution in [0.4, 0.5) is 0 Å². The van der Waals surface area contributed by atoms with E-state index in [1.807, 2.05) is 12.1 Å². The molecule has 6 nitrogen and oxygen atoms in total. The van der Waals surface area contributed by atoms with E-state index in [0.29, 0.717) is 44.7 Å². The highest BCUT2D eigenvalue weighted by molar-refractivity contribution is 5.71. The van der Waals surface area contributed by atoms with Gasteiger partial charge >= 0.3 is 5.97 Å². The average Bonchev–Trinajstić information content (AvgIpc) is 2.79. The van der Waals surface area contributed by atoms with Crippen LogP contribution in [0.25, 0.3) is 0 Å². The van der Waals surface area contributed by atoms with Crippen molar-refractivity contribution in [1.82, 2.24) is 0 Å². The van der Waals surface area contributed by atoms with Crippen LogP contribution >= 0.6 is 0 Å². The predicted octanol–water partition coefficient (Wildman–Crippen LogP) is 4.62. The van der Waals surface area contributed by atoms with E-state index in [1.165, 1.54) is 16.7 Å². The van der Waals surface area contributed by atoms with E-state index in [9.17, 15) is 4.79 Å². The van der Waals surface area contributed by atoms with E-state index in [-0.39, 0.29) is 13.2 Å². The normalized spacial score (nSPS) is 11.1. The topological polar surface area (TPSA) is 63.2 Å². The molecule has 0 saturated carbocycles. The fourth-order valence-corrected chi connectivity index (χ4v) is 3.44. The molecule has 0 atom stereocenters. The largest absolute Gasteiger partial charge is 0.482 e. The van der Waals surface area contributed by atoms with Crippen molar-refractivity contribution in [1.29, 1.82) is 0 Å². The molecule has 182 valence electrons. The Bertz CT molecular complexity index is 838. The molecule has 2 rings (SSSR count). The summed E-state index contributed by atoms with van der Waals surface area (Å²) in [4.78, 5) is 11.9. The van der Waals surface area contributed by atoms with Crippen molar-refractivity contribution >= 4 is 5.97 Å². The van der Waals surface area contributed by atoms with Crippen LogP contribution in [0.5, 0.6) is 5.75 Å². The van der Waals surface area contributed by atoms with Gasteiger partial charge in [0, 0.05) is 7.11 Å². The Morgan fingerprint density at radius 3 is 2.15 bits per heavy atom. The number of aryl methyl sites for hydroxylation is 2. The first-order chi connectivity index (χ1) is 15.9. The van der Waals surface area contributed by atoms with Crippen LogP contribution in [0.3, 0.4) is 0 Å². The van der Waals surface area contributed by atoms with Crippen molar-refractivity contribution < 1.29 is 28.5 Å². The minimum absolute atomic E-state index is 0.130. The number of hydrogen-bond donors (Lipinski definition) is 0. The molecule has 33 heavy (non-hydrogen) atoms. The zero-order valence-electron chi connectivity index (χ0n) is 20.6. The first-order valence-electron chi connectivity index (χ1n) is 11.5. The van der Waals surface area contributed by atoms with Crippen molar-refractivity contribution in [3.8, 4) is 5.75 Å². The zero-order chi connectivity index (χ0) is 24.1. The summed E-state index contributed by atoms with van der Waals surface area (Å²) in [6.07, 6.45) is 0.873. The molecule has 0 amide bonds. The quantitative estimate of drug-likeness (QED) is 0.287. The Morgan fingerprint density at radius 1 is 0.879 bits per heavy atom. The molecule has 0 heterocycles. The van der Waals surface area contributed by atoms with Gasteiger partial charge in [-0.25, -0.2) is 4.79 Å². The van der Waals surface area contributed by atoms with Crippen LogP contribution in [0.15, 0.2) is 36.4 Å². The van der Waals surface area contributed by atoms with Crippen LogP contribution in [-0.4, -0.2) is 59.3 Å². The molecular weight excluding hydrogens is 420 g/mol. The van der Waals surface area contributed by atoms with Crippen LogP contribution in [0.2, 0.25) is 0 Å². The van der Waals surface area contributed by atoms with E-state index >= 15 is 0 Å². The van der Waals surface area contributed by atoms with Crippen molar-refractivity contribution in [3.63, 3.8) is 0 Å². The molecule has 0 fully saturated rings. The standard InChI is InChI=1S/C27H38O6/c1-20(2)24-8-6-7-23(17-24)18-26-21(3)15-25(16-22(26)4)33-19-27(28)32-14-13-31-12-11-30-10-9-29-5/h6-8,15-17,20H,9-14,18-19H2,1-5H3. The second-order valence-corrected chi connectivity index (χ2v) is 8.34. The minimum Gasteiger partial charge on any atom is -0.482 e. The van der Waals surface area contributed by atoms with Crippen LogP contribution in [0.1, 0.15) is 47.6 Å². The third kappa shape index (κ3) is 9.95. The third-order valence-corrected chi connectivity index (χ3v) is 5.32. The maximum Gasteiger partial charge on any atom is 0.344 e. The van der Waals surface area contributed by atoms with Gasteiger partial charge in [-0.05, 0) is 66.1 Å². The molecule has 0 N–H and O–H groups in total.